The van der Waals surface area contributed by atoms with Gasteiger partial charge in [-0.15, -0.1) is 0 Å². The van der Waals surface area contributed by atoms with Crippen LogP contribution < -0.4 is 0 Å². The van der Waals surface area contributed by atoms with Crippen molar-refractivity contribution in [1.82, 2.24) is 13.9 Å². The molecule has 5 aromatic rings. The molecule has 0 spiro atoms. The van der Waals surface area contributed by atoms with Gasteiger partial charge in [0.05, 0.1) is 10.4 Å². The predicted octanol–water partition coefficient (Wildman–Crippen LogP) is 5.11. The molecule has 0 saturated carbocycles. The second kappa shape index (κ2) is 6.78. The molecule has 5 rings (SSSR count). The maximum atomic E-state index is 13.4. The summed E-state index contributed by atoms with van der Waals surface area (Å²) in [6, 6.07) is 18.6. The lowest BCUT2D eigenvalue weighted by Crippen LogP contribution is -2.12. The standard InChI is InChI=1S/C24H19N3O2S/c1-16-5-8-20(9-6-16)30(28,29)27-15-21(23-17(2)11-13-26-24(23)27)18-7-10-22-19(14-18)4-3-12-25-22/h3-15H,1-2H3. The highest BCUT2D eigenvalue weighted by atomic mass is 32.2. The molecule has 0 saturated heterocycles. The Balaban J connectivity index is 1.79. The highest BCUT2D eigenvalue weighted by molar-refractivity contribution is 7.90. The van der Waals surface area contributed by atoms with Gasteiger partial charge in [-0.1, -0.05) is 29.8 Å². The molecule has 0 aliphatic rings. The zero-order chi connectivity index (χ0) is 20.9. The van der Waals surface area contributed by atoms with Crippen LogP contribution in [0.5, 0.6) is 0 Å². The first-order chi connectivity index (χ1) is 14.4. The first kappa shape index (κ1) is 18.5. The van der Waals surface area contributed by atoms with Crippen LogP contribution in [-0.4, -0.2) is 22.4 Å². The Labute approximate surface area is 174 Å². The van der Waals surface area contributed by atoms with Crippen molar-refractivity contribution in [1.29, 1.82) is 0 Å². The van der Waals surface area contributed by atoms with Crippen LogP contribution in [-0.2, 0) is 10.0 Å². The Morgan fingerprint density at radius 3 is 2.47 bits per heavy atom. The first-order valence-corrected chi connectivity index (χ1v) is 11.0. The molecule has 3 heterocycles. The van der Waals surface area contributed by atoms with Crippen molar-refractivity contribution in [2.45, 2.75) is 18.7 Å². The number of benzene rings is 2. The van der Waals surface area contributed by atoms with E-state index in [0.29, 0.717) is 5.65 Å². The molecular formula is C24H19N3O2S. The van der Waals surface area contributed by atoms with E-state index in [0.717, 1.165) is 38.5 Å². The number of aromatic nitrogens is 3. The van der Waals surface area contributed by atoms with E-state index in [-0.39, 0.29) is 4.90 Å². The van der Waals surface area contributed by atoms with Gasteiger partial charge in [0.2, 0.25) is 0 Å². The van der Waals surface area contributed by atoms with E-state index in [9.17, 15) is 8.42 Å². The van der Waals surface area contributed by atoms with Gasteiger partial charge in [-0.05, 0) is 61.4 Å². The number of hydrogen-bond acceptors (Lipinski definition) is 4. The molecular weight excluding hydrogens is 394 g/mol. The molecule has 0 fully saturated rings. The Bertz CT molecular complexity index is 1520. The molecule has 0 unspecified atom stereocenters. The number of rotatable bonds is 3. The van der Waals surface area contributed by atoms with Gasteiger partial charge in [0.1, 0.15) is 0 Å². The Hall–Kier alpha value is -3.51. The molecule has 0 aliphatic heterocycles. The minimum atomic E-state index is -3.79. The average molecular weight is 414 g/mol. The largest absolute Gasteiger partial charge is 0.269 e. The summed E-state index contributed by atoms with van der Waals surface area (Å²) in [5.41, 5.74) is 5.06. The maximum Gasteiger partial charge on any atom is 0.269 e. The van der Waals surface area contributed by atoms with E-state index in [1.54, 1.807) is 42.9 Å². The first-order valence-electron chi connectivity index (χ1n) is 9.59. The summed E-state index contributed by atoms with van der Waals surface area (Å²) < 4.78 is 28.2. The van der Waals surface area contributed by atoms with E-state index in [1.165, 1.54) is 3.97 Å². The van der Waals surface area contributed by atoms with Crippen LogP contribution in [0.1, 0.15) is 11.1 Å². The summed E-state index contributed by atoms with van der Waals surface area (Å²) in [7, 11) is -3.79. The summed E-state index contributed by atoms with van der Waals surface area (Å²) in [5.74, 6) is 0. The molecule has 0 N–H and O–H groups in total. The average Bonchev–Trinajstić information content (AvgIpc) is 3.16. The number of aryl methyl sites for hydroxylation is 2. The van der Waals surface area contributed by atoms with Gasteiger partial charge in [-0.3, -0.25) is 4.98 Å². The maximum absolute atomic E-state index is 13.4. The highest BCUT2D eigenvalue weighted by Crippen LogP contribution is 2.35. The summed E-state index contributed by atoms with van der Waals surface area (Å²) in [6.45, 7) is 3.90. The van der Waals surface area contributed by atoms with Gasteiger partial charge in [-0.2, -0.15) is 0 Å². The van der Waals surface area contributed by atoms with Crippen molar-refractivity contribution in [3.63, 3.8) is 0 Å². The van der Waals surface area contributed by atoms with Gasteiger partial charge >= 0.3 is 0 Å². The second-order valence-corrected chi connectivity index (χ2v) is 9.21. The summed E-state index contributed by atoms with van der Waals surface area (Å²) in [4.78, 5) is 9.04. The lowest BCUT2D eigenvalue weighted by Gasteiger charge is -2.07. The number of pyridine rings is 2. The van der Waals surface area contributed by atoms with E-state index in [2.05, 4.69) is 9.97 Å². The lowest BCUT2D eigenvalue weighted by atomic mass is 10.0. The predicted molar refractivity (Wildman–Crippen MR) is 119 cm³/mol. The van der Waals surface area contributed by atoms with Crippen molar-refractivity contribution in [2.24, 2.45) is 0 Å². The summed E-state index contributed by atoms with van der Waals surface area (Å²) in [5, 5.41) is 1.83. The van der Waals surface area contributed by atoms with Gasteiger partial charge < -0.3 is 0 Å². The SMILES string of the molecule is Cc1ccc(S(=O)(=O)n2cc(-c3ccc4ncccc4c3)c3c(C)ccnc32)cc1. The van der Waals surface area contributed by atoms with Crippen LogP contribution >= 0.6 is 0 Å². The van der Waals surface area contributed by atoms with Gasteiger partial charge in [-0.25, -0.2) is 17.4 Å². The minimum Gasteiger partial charge on any atom is -0.256 e. The fourth-order valence-corrected chi connectivity index (χ4v) is 5.07. The molecule has 148 valence electrons. The Morgan fingerprint density at radius 1 is 0.867 bits per heavy atom. The van der Waals surface area contributed by atoms with E-state index < -0.39 is 10.0 Å². The second-order valence-electron chi connectivity index (χ2n) is 7.39. The van der Waals surface area contributed by atoms with Crippen LogP contribution in [0.2, 0.25) is 0 Å². The van der Waals surface area contributed by atoms with Crippen molar-refractivity contribution < 1.29 is 8.42 Å². The van der Waals surface area contributed by atoms with E-state index in [1.807, 2.05) is 50.2 Å². The van der Waals surface area contributed by atoms with Crippen molar-refractivity contribution in [3.8, 4) is 11.1 Å². The van der Waals surface area contributed by atoms with Crippen molar-refractivity contribution in [2.75, 3.05) is 0 Å². The lowest BCUT2D eigenvalue weighted by molar-refractivity contribution is 0.589. The monoisotopic (exact) mass is 413 g/mol. The quantitative estimate of drug-likeness (QED) is 0.412. The zero-order valence-corrected chi connectivity index (χ0v) is 17.4. The van der Waals surface area contributed by atoms with Crippen LogP contribution in [0, 0.1) is 13.8 Å². The third-order valence-corrected chi connectivity index (χ3v) is 7.02. The fourth-order valence-electron chi connectivity index (χ4n) is 3.76. The smallest absolute Gasteiger partial charge is 0.256 e. The molecule has 5 nitrogen and oxygen atoms in total. The molecule has 30 heavy (non-hydrogen) atoms. The number of hydrogen-bond donors (Lipinski definition) is 0. The van der Waals surface area contributed by atoms with Gasteiger partial charge in [0.15, 0.2) is 5.65 Å². The molecule has 0 amide bonds. The molecule has 0 aliphatic carbocycles. The Kier molecular flexibility index (Phi) is 4.18. The Morgan fingerprint density at radius 2 is 1.67 bits per heavy atom. The van der Waals surface area contributed by atoms with Crippen molar-refractivity contribution >= 4 is 32.0 Å². The van der Waals surface area contributed by atoms with Crippen LogP contribution in [0.4, 0.5) is 0 Å². The zero-order valence-electron chi connectivity index (χ0n) is 16.6. The van der Waals surface area contributed by atoms with E-state index >= 15 is 0 Å². The number of fused-ring (bicyclic) bond motifs is 2. The molecule has 0 radical (unpaired) electrons. The summed E-state index contributed by atoms with van der Waals surface area (Å²) in [6.07, 6.45) is 5.08. The minimum absolute atomic E-state index is 0.238. The summed E-state index contributed by atoms with van der Waals surface area (Å²) >= 11 is 0. The van der Waals surface area contributed by atoms with Crippen molar-refractivity contribution in [3.05, 3.63) is 90.4 Å². The molecule has 0 atom stereocenters. The third-order valence-electron chi connectivity index (χ3n) is 5.36. The molecule has 6 heteroatoms. The van der Waals surface area contributed by atoms with Crippen LogP contribution in [0.25, 0.3) is 33.1 Å². The molecule has 2 aromatic carbocycles. The topological polar surface area (TPSA) is 64.8 Å². The number of nitrogens with zero attached hydrogens (tertiary/aromatic N) is 3. The highest BCUT2D eigenvalue weighted by Gasteiger charge is 2.23. The van der Waals surface area contributed by atoms with E-state index in [4.69, 9.17) is 0 Å². The molecule has 3 aromatic heterocycles. The normalized spacial score (nSPS) is 11.9. The van der Waals surface area contributed by atoms with Gasteiger partial charge in [0, 0.05) is 34.9 Å². The fraction of sp³-hybridized carbons (Fsp3) is 0.0833. The van der Waals surface area contributed by atoms with Crippen LogP contribution in [0.3, 0.4) is 0 Å². The third kappa shape index (κ3) is 2.88. The van der Waals surface area contributed by atoms with Gasteiger partial charge in [0.25, 0.3) is 10.0 Å². The molecule has 0 bridgehead atoms. The van der Waals surface area contributed by atoms with Crippen LogP contribution in [0.15, 0.2) is 84.1 Å².